The van der Waals surface area contributed by atoms with Gasteiger partial charge in [-0.25, -0.2) is 4.79 Å². The Labute approximate surface area is 152 Å². The number of allylic oxidation sites excluding steroid dienone is 1. The summed E-state index contributed by atoms with van der Waals surface area (Å²) in [5, 5.41) is 29.5. The van der Waals surface area contributed by atoms with Crippen LogP contribution >= 0.6 is 0 Å². The van der Waals surface area contributed by atoms with Crippen molar-refractivity contribution >= 4 is 17.3 Å². The van der Waals surface area contributed by atoms with Gasteiger partial charge >= 0.3 is 5.97 Å². The first-order valence-electron chi connectivity index (χ1n) is 8.52. The van der Waals surface area contributed by atoms with E-state index in [1.165, 1.54) is 24.6 Å². The predicted octanol–water partition coefficient (Wildman–Crippen LogP) is 5.22. The third-order valence-electron chi connectivity index (χ3n) is 3.72. The quantitative estimate of drug-likeness (QED) is 0.276. The fourth-order valence-corrected chi connectivity index (χ4v) is 2.30. The van der Waals surface area contributed by atoms with Crippen molar-refractivity contribution in [2.75, 3.05) is 0 Å². The number of carboxylic acids is 1. The Hall–Kier alpha value is -2.77. The van der Waals surface area contributed by atoms with Gasteiger partial charge in [-0.3, -0.25) is 20.2 Å². The van der Waals surface area contributed by atoms with Crippen LogP contribution in [0.3, 0.4) is 0 Å². The average Bonchev–Trinajstić information content (AvgIpc) is 2.58. The van der Waals surface area contributed by atoms with Crippen molar-refractivity contribution in [3.05, 3.63) is 56.1 Å². The van der Waals surface area contributed by atoms with E-state index < -0.39 is 15.8 Å². The monoisotopic (exact) mass is 366 g/mol. The molecule has 0 amide bonds. The summed E-state index contributed by atoms with van der Waals surface area (Å²) in [5.74, 6) is -0.803. The molecule has 0 aliphatic rings. The molecule has 1 atom stereocenters. The lowest BCUT2D eigenvalue weighted by Gasteiger charge is -2.11. The second kappa shape index (κ2) is 12.6. The summed E-state index contributed by atoms with van der Waals surface area (Å²) in [6, 6.07) is 3.89. The number of nitro groups is 2. The molecule has 1 unspecified atom stereocenters. The van der Waals surface area contributed by atoms with Gasteiger partial charge in [0.05, 0.1) is 15.9 Å². The Balaban J connectivity index is 0.000000896. The van der Waals surface area contributed by atoms with Gasteiger partial charge in [0.25, 0.3) is 11.4 Å². The molecule has 0 aliphatic carbocycles. The maximum Gasteiger partial charge on any atom is 0.327 e. The van der Waals surface area contributed by atoms with Crippen LogP contribution in [0.2, 0.25) is 0 Å². The van der Waals surface area contributed by atoms with Crippen LogP contribution in [0.1, 0.15) is 64.4 Å². The van der Waals surface area contributed by atoms with E-state index in [1.807, 2.05) is 6.92 Å². The highest BCUT2D eigenvalue weighted by molar-refractivity contribution is 5.79. The maximum absolute atomic E-state index is 10.8. The van der Waals surface area contributed by atoms with Gasteiger partial charge in [0.2, 0.25) is 0 Å². The molecule has 0 aliphatic heterocycles. The van der Waals surface area contributed by atoms with Crippen LogP contribution in [0.15, 0.2) is 30.4 Å². The minimum Gasteiger partial charge on any atom is -0.478 e. The lowest BCUT2D eigenvalue weighted by Crippen LogP contribution is -1.99. The number of nitrogens with zero attached hydrogens (tertiary/aromatic N) is 2. The fourth-order valence-electron chi connectivity index (χ4n) is 2.30. The van der Waals surface area contributed by atoms with E-state index in [2.05, 4.69) is 6.92 Å². The van der Waals surface area contributed by atoms with Gasteiger partial charge < -0.3 is 5.11 Å². The van der Waals surface area contributed by atoms with E-state index in [4.69, 9.17) is 5.11 Å². The number of hydrogen-bond acceptors (Lipinski definition) is 5. The molecule has 0 heterocycles. The van der Waals surface area contributed by atoms with Gasteiger partial charge in [0.15, 0.2) is 0 Å². The molecule has 8 heteroatoms. The van der Waals surface area contributed by atoms with E-state index in [0.717, 1.165) is 37.8 Å². The predicted molar refractivity (Wildman–Crippen MR) is 99.4 cm³/mol. The van der Waals surface area contributed by atoms with Crippen molar-refractivity contribution in [3.63, 3.8) is 0 Å². The molecule has 0 aromatic heterocycles. The first-order chi connectivity index (χ1) is 12.2. The largest absolute Gasteiger partial charge is 0.478 e. The van der Waals surface area contributed by atoms with E-state index in [1.54, 1.807) is 6.92 Å². The highest BCUT2D eigenvalue weighted by Gasteiger charge is 2.18. The average molecular weight is 366 g/mol. The summed E-state index contributed by atoms with van der Waals surface area (Å²) in [6.45, 7) is 5.75. The van der Waals surface area contributed by atoms with Crippen LogP contribution in [-0.2, 0) is 4.79 Å². The third-order valence-corrected chi connectivity index (χ3v) is 3.72. The molecule has 1 aromatic rings. The molecule has 26 heavy (non-hydrogen) atoms. The number of non-ortho nitro benzene ring substituents is 2. The van der Waals surface area contributed by atoms with Crippen LogP contribution in [0, 0.1) is 20.2 Å². The van der Waals surface area contributed by atoms with Crippen molar-refractivity contribution in [1.29, 1.82) is 0 Å². The first-order valence-corrected chi connectivity index (χ1v) is 8.52. The van der Waals surface area contributed by atoms with Crippen LogP contribution in [-0.4, -0.2) is 20.9 Å². The van der Waals surface area contributed by atoms with Crippen LogP contribution < -0.4 is 0 Å². The fraction of sp³-hybridized carbons (Fsp3) is 0.500. The summed E-state index contributed by atoms with van der Waals surface area (Å²) in [6.07, 6.45) is 7.92. The Bertz CT molecular complexity index is 610. The van der Waals surface area contributed by atoms with Crippen molar-refractivity contribution in [1.82, 2.24) is 0 Å². The Morgan fingerprint density at radius 3 is 2.00 bits per heavy atom. The van der Waals surface area contributed by atoms with Crippen molar-refractivity contribution in [2.45, 2.75) is 58.8 Å². The molecular formula is C18H26N2O6. The van der Waals surface area contributed by atoms with Gasteiger partial charge in [0, 0.05) is 18.2 Å². The molecule has 0 spiro atoms. The number of unbranched alkanes of at least 4 members (excludes halogenated alkanes) is 3. The highest BCUT2D eigenvalue weighted by atomic mass is 16.6. The summed E-state index contributed by atoms with van der Waals surface area (Å²) in [7, 11) is 0. The number of carbonyl (C=O) groups is 1. The third kappa shape index (κ3) is 9.51. The zero-order chi connectivity index (χ0) is 20.1. The number of nitro benzene ring substituents is 2. The van der Waals surface area contributed by atoms with Gasteiger partial charge in [-0.2, -0.15) is 0 Å². The van der Waals surface area contributed by atoms with Crippen molar-refractivity contribution in [3.8, 4) is 0 Å². The zero-order valence-corrected chi connectivity index (χ0v) is 15.4. The van der Waals surface area contributed by atoms with E-state index in [-0.39, 0.29) is 17.3 Å². The standard InChI is InChI=1S/C14H20N2O4.C4H6O2/c1-3-4-5-6-7-11(2)12-8-13(15(17)18)10-14(9-12)16(19)20;1-2-3-4(5)6/h8-11H,3-7H2,1-2H3;2-3H,1H3,(H,5,6)/b;3-2+. The number of benzene rings is 1. The van der Waals surface area contributed by atoms with Crippen molar-refractivity contribution < 1.29 is 19.7 Å². The Morgan fingerprint density at radius 1 is 1.12 bits per heavy atom. The van der Waals surface area contributed by atoms with Crippen LogP contribution in [0.25, 0.3) is 0 Å². The maximum atomic E-state index is 10.8. The minimum atomic E-state index is -0.891. The Morgan fingerprint density at radius 2 is 1.65 bits per heavy atom. The smallest absolute Gasteiger partial charge is 0.327 e. The second-order valence-corrected chi connectivity index (χ2v) is 5.89. The molecule has 0 fully saturated rings. The highest BCUT2D eigenvalue weighted by Crippen LogP contribution is 2.29. The number of hydrogen-bond donors (Lipinski definition) is 1. The van der Waals surface area contributed by atoms with Gasteiger partial charge in [-0.1, -0.05) is 45.6 Å². The summed E-state index contributed by atoms with van der Waals surface area (Å²) >= 11 is 0. The lowest BCUT2D eigenvalue weighted by atomic mass is 9.94. The molecule has 1 rings (SSSR count). The van der Waals surface area contributed by atoms with Gasteiger partial charge in [0.1, 0.15) is 0 Å². The van der Waals surface area contributed by atoms with Crippen LogP contribution in [0.5, 0.6) is 0 Å². The van der Waals surface area contributed by atoms with E-state index in [0.29, 0.717) is 5.56 Å². The number of rotatable bonds is 9. The number of carboxylic acid groups (broad SMARTS) is 1. The number of aliphatic carboxylic acids is 1. The molecular weight excluding hydrogens is 340 g/mol. The zero-order valence-electron chi connectivity index (χ0n) is 15.4. The summed E-state index contributed by atoms with van der Waals surface area (Å²) < 4.78 is 0. The lowest BCUT2D eigenvalue weighted by molar-refractivity contribution is -0.394. The van der Waals surface area contributed by atoms with Gasteiger partial charge in [-0.15, -0.1) is 0 Å². The van der Waals surface area contributed by atoms with Gasteiger partial charge in [-0.05, 0) is 24.8 Å². The second-order valence-electron chi connectivity index (χ2n) is 5.89. The molecule has 0 saturated carbocycles. The van der Waals surface area contributed by atoms with E-state index >= 15 is 0 Å². The van der Waals surface area contributed by atoms with E-state index in [9.17, 15) is 25.0 Å². The normalized spacial score (nSPS) is 11.5. The topological polar surface area (TPSA) is 124 Å². The summed E-state index contributed by atoms with van der Waals surface area (Å²) in [4.78, 5) is 30.0. The molecule has 1 N–H and O–H groups in total. The minimum absolute atomic E-state index is 0.0884. The molecule has 0 bridgehead atoms. The van der Waals surface area contributed by atoms with Crippen molar-refractivity contribution in [2.24, 2.45) is 0 Å². The molecule has 1 aromatic carbocycles. The SMILES string of the molecule is C/C=C/C(=O)O.CCCCCCC(C)c1cc([N+](=O)[O-])cc([N+](=O)[O-])c1. The Kier molecular flexibility index (Phi) is 11.2. The molecule has 0 radical (unpaired) electrons. The van der Waals surface area contributed by atoms with Crippen LogP contribution in [0.4, 0.5) is 11.4 Å². The summed E-state index contributed by atoms with van der Waals surface area (Å²) in [5.41, 5.74) is 0.242. The molecule has 0 saturated heterocycles. The first kappa shape index (κ1) is 23.2. The molecule has 144 valence electrons. The molecule has 8 nitrogen and oxygen atoms in total.